The van der Waals surface area contributed by atoms with Crippen molar-refractivity contribution < 1.29 is 0 Å². The van der Waals surface area contributed by atoms with Crippen LogP contribution in [-0.2, 0) is 0 Å². The Hall–Kier alpha value is -0.320. The van der Waals surface area contributed by atoms with Gasteiger partial charge in [-0.05, 0) is 35.6 Å². The molecule has 0 bridgehead atoms. The van der Waals surface area contributed by atoms with Gasteiger partial charge in [0, 0.05) is 18.1 Å². The zero-order valence-electron chi connectivity index (χ0n) is 5.06. The summed E-state index contributed by atoms with van der Waals surface area (Å²) < 4.78 is 1.01. The van der Waals surface area contributed by atoms with E-state index < -0.39 is 0 Å². The predicted molar refractivity (Wildman–Crippen MR) is 47.5 cm³/mol. The topological polar surface area (TPSA) is 24.4 Å². The van der Waals surface area contributed by atoms with E-state index in [1.54, 1.807) is 6.20 Å². The lowest BCUT2D eigenvalue weighted by Crippen LogP contribution is -1.99. The first-order valence-corrected chi connectivity index (χ1v) is 3.70. The maximum absolute atomic E-state index is 4.06. The van der Waals surface area contributed by atoms with Crippen LogP contribution < -0.4 is 5.32 Å². The Balaban J connectivity index is 2.82. The molecule has 0 fully saturated rings. The van der Waals surface area contributed by atoms with E-state index in [0.717, 1.165) is 9.42 Å². The Morgan fingerprint density at radius 2 is 2.44 bits per heavy atom. The molecule has 1 aliphatic rings. The molecule has 0 radical (unpaired) electrons. The number of hydrogen-bond acceptors (Lipinski definition) is 2. The fourth-order valence-electron chi connectivity index (χ4n) is 0.535. The van der Waals surface area contributed by atoms with Gasteiger partial charge in [-0.3, -0.25) is 0 Å². The number of nitrogens with zero attached hydrogens (tertiary/aromatic N) is 1. The van der Waals surface area contributed by atoms with Gasteiger partial charge in [-0.1, -0.05) is 0 Å². The lowest BCUT2D eigenvalue weighted by Gasteiger charge is -1.93. The average Bonchev–Trinajstić information content (AvgIpc) is 1.93. The Kier molecular flexibility index (Phi) is 2.27. The van der Waals surface area contributed by atoms with Crippen LogP contribution in [0.4, 0.5) is 0 Å². The van der Waals surface area contributed by atoms with Crippen LogP contribution >= 0.6 is 22.6 Å². The van der Waals surface area contributed by atoms with Crippen LogP contribution in [-0.4, -0.2) is 3.72 Å². The summed E-state index contributed by atoms with van der Waals surface area (Å²) in [6, 6.07) is 0. The van der Waals surface area contributed by atoms with Crippen LogP contribution in [0.2, 0.25) is 0 Å². The molecule has 1 heterocycles. The van der Waals surface area contributed by atoms with Gasteiger partial charge in [0.2, 0.25) is 0 Å². The number of rotatable bonds is 0. The third kappa shape index (κ3) is 2.17. The molecule has 9 heavy (non-hydrogen) atoms. The zero-order valence-corrected chi connectivity index (χ0v) is 7.21. The molecule has 48 valence electrons. The van der Waals surface area contributed by atoms with Crippen LogP contribution in [0, 0.1) is 0 Å². The summed E-state index contributed by atoms with van der Waals surface area (Å²) in [5.74, 6) is 0. The lowest BCUT2D eigenvalue weighted by molar-refractivity contribution is 1.06. The number of hydrogen-bond donors (Lipinski definition) is 1. The SMILES string of the molecule is CC1=CC(I)=NC=CN1. The molecule has 0 aromatic carbocycles. The molecule has 1 aliphatic heterocycles. The van der Waals surface area contributed by atoms with E-state index in [-0.39, 0.29) is 0 Å². The van der Waals surface area contributed by atoms with E-state index in [9.17, 15) is 0 Å². The van der Waals surface area contributed by atoms with Crippen molar-refractivity contribution in [3.8, 4) is 0 Å². The molecule has 0 saturated heterocycles. The van der Waals surface area contributed by atoms with Crippen molar-refractivity contribution in [2.45, 2.75) is 6.92 Å². The predicted octanol–water partition coefficient (Wildman–Crippen LogP) is 1.80. The molecule has 0 unspecified atom stereocenters. The smallest absolute Gasteiger partial charge is 0.103 e. The van der Waals surface area contributed by atoms with Gasteiger partial charge in [0.05, 0.1) is 0 Å². The summed E-state index contributed by atoms with van der Waals surface area (Å²) in [5.41, 5.74) is 1.12. The second kappa shape index (κ2) is 3.00. The highest BCUT2D eigenvalue weighted by molar-refractivity contribution is 14.1. The lowest BCUT2D eigenvalue weighted by atomic mass is 10.4. The summed E-state index contributed by atoms with van der Waals surface area (Å²) in [6.45, 7) is 2.00. The molecule has 0 amide bonds. The van der Waals surface area contributed by atoms with Crippen molar-refractivity contribution in [3.63, 3.8) is 0 Å². The van der Waals surface area contributed by atoms with E-state index in [1.165, 1.54) is 0 Å². The average molecular weight is 234 g/mol. The van der Waals surface area contributed by atoms with Crippen LogP contribution in [0.5, 0.6) is 0 Å². The molecule has 0 aromatic heterocycles. The van der Waals surface area contributed by atoms with Crippen LogP contribution in [0.1, 0.15) is 6.92 Å². The summed E-state index contributed by atoms with van der Waals surface area (Å²) in [7, 11) is 0. The minimum atomic E-state index is 1.01. The first-order chi connectivity index (χ1) is 4.29. The fourth-order valence-corrected chi connectivity index (χ4v) is 1.16. The minimum absolute atomic E-state index is 1.01. The maximum atomic E-state index is 4.06. The summed E-state index contributed by atoms with van der Waals surface area (Å²) in [6.07, 6.45) is 5.55. The van der Waals surface area contributed by atoms with Crippen molar-refractivity contribution in [1.82, 2.24) is 5.32 Å². The largest absolute Gasteiger partial charge is 0.364 e. The number of allylic oxidation sites excluding steroid dienone is 2. The van der Waals surface area contributed by atoms with Gasteiger partial charge < -0.3 is 5.32 Å². The number of nitrogens with one attached hydrogen (secondary N) is 1. The third-order valence-electron chi connectivity index (χ3n) is 0.919. The summed E-state index contributed by atoms with van der Waals surface area (Å²) in [5, 5.41) is 3.04. The van der Waals surface area contributed by atoms with Crippen molar-refractivity contribution in [2.24, 2.45) is 4.99 Å². The molecule has 0 saturated carbocycles. The van der Waals surface area contributed by atoms with Gasteiger partial charge in [0.15, 0.2) is 0 Å². The summed E-state index contributed by atoms with van der Waals surface area (Å²) in [4.78, 5) is 4.06. The van der Waals surface area contributed by atoms with Crippen LogP contribution in [0.3, 0.4) is 0 Å². The van der Waals surface area contributed by atoms with Crippen molar-refractivity contribution in [1.29, 1.82) is 0 Å². The minimum Gasteiger partial charge on any atom is -0.364 e. The molecule has 1 N–H and O–H groups in total. The van der Waals surface area contributed by atoms with Crippen molar-refractivity contribution in [2.75, 3.05) is 0 Å². The maximum Gasteiger partial charge on any atom is 0.103 e. The Morgan fingerprint density at radius 3 is 3.22 bits per heavy atom. The van der Waals surface area contributed by atoms with Gasteiger partial charge >= 0.3 is 0 Å². The van der Waals surface area contributed by atoms with Crippen molar-refractivity contribution >= 4 is 26.3 Å². The summed E-state index contributed by atoms with van der Waals surface area (Å²) >= 11 is 2.18. The van der Waals surface area contributed by atoms with Crippen LogP contribution in [0.15, 0.2) is 29.2 Å². The number of aliphatic imine (C=N–C) groups is 1. The molecule has 0 atom stereocenters. The first-order valence-electron chi connectivity index (χ1n) is 2.62. The van der Waals surface area contributed by atoms with Gasteiger partial charge in [-0.25, -0.2) is 4.99 Å². The van der Waals surface area contributed by atoms with Crippen molar-refractivity contribution in [3.05, 3.63) is 24.2 Å². The highest BCUT2D eigenvalue weighted by Gasteiger charge is 1.90. The fraction of sp³-hybridized carbons (Fsp3) is 0.167. The molecule has 0 spiro atoms. The Bertz CT molecular complexity index is 191. The van der Waals surface area contributed by atoms with Gasteiger partial charge in [-0.2, -0.15) is 0 Å². The highest BCUT2D eigenvalue weighted by atomic mass is 127. The molecule has 0 aliphatic carbocycles. The van der Waals surface area contributed by atoms with Gasteiger partial charge in [0.25, 0.3) is 0 Å². The molecular weight excluding hydrogens is 227 g/mol. The standard InChI is InChI=1S/C6H7IN2/c1-5-4-6(7)9-3-2-8-5/h2-4,8H,1H3. The van der Waals surface area contributed by atoms with E-state index in [1.807, 2.05) is 19.2 Å². The van der Waals surface area contributed by atoms with E-state index >= 15 is 0 Å². The quantitative estimate of drug-likeness (QED) is 0.635. The first kappa shape index (κ1) is 6.80. The van der Waals surface area contributed by atoms with E-state index in [0.29, 0.717) is 0 Å². The van der Waals surface area contributed by atoms with E-state index in [4.69, 9.17) is 0 Å². The third-order valence-corrected chi connectivity index (χ3v) is 1.51. The molecule has 0 aromatic rings. The Morgan fingerprint density at radius 1 is 1.67 bits per heavy atom. The highest BCUT2D eigenvalue weighted by Crippen LogP contribution is 2.00. The molecule has 1 rings (SSSR count). The molecular formula is C6H7IN2. The van der Waals surface area contributed by atoms with E-state index in [2.05, 4.69) is 32.9 Å². The monoisotopic (exact) mass is 234 g/mol. The van der Waals surface area contributed by atoms with Gasteiger partial charge in [0.1, 0.15) is 3.72 Å². The molecule has 3 heteroatoms. The number of halogens is 1. The second-order valence-electron chi connectivity index (χ2n) is 1.74. The second-order valence-corrected chi connectivity index (χ2v) is 2.84. The van der Waals surface area contributed by atoms with Crippen LogP contribution in [0.25, 0.3) is 0 Å². The molecule has 2 nitrogen and oxygen atoms in total. The van der Waals surface area contributed by atoms with Gasteiger partial charge in [-0.15, -0.1) is 0 Å². The Labute approximate surface area is 67.9 Å². The zero-order chi connectivity index (χ0) is 6.69. The normalized spacial score (nSPS) is 17.6.